The highest BCUT2D eigenvalue weighted by molar-refractivity contribution is 7.79. The number of hydrogen-bond donors (Lipinski definition) is 0. The van der Waals surface area contributed by atoms with E-state index < -0.39 is 12.9 Å². The van der Waals surface area contributed by atoms with Gasteiger partial charge in [-0.15, -0.1) is 0 Å². The lowest BCUT2D eigenvalue weighted by molar-refractivity contribution is 0.579. The van der Waals surface area contributed by atoms with Crippen molar-refractivity contribution in [3.05, 3.63) is 126 Å². The molecule has 0 radical (unpaired) electrons. The lowest BCUT2D eigenvalue weighted by atomic mass is 10.2. The summed E-state index contributed by atoms with van der Waals surface area (Å²) >= 11 is 0. The van der Waals surface area contributed by atoms with Gasteiger partial charge in [-0.2, -0.15) is 0 Å². The van der Waals surface area contributed by atoms with Crippen LogP contribution in [-0.2, 0) is 4.57 Å². The molecular formula is C28H27N2OP. The Bertz CT molecular complexity index is 1160. The average molecular weight is 439 g/mol. The van der Waals surface area contributed by atoms with E-state index in [0.717, 1.165) is 27.4 Å². The molecule has 0 aliphatic rings. The fraction of sp³-hybridized carbons (Fsp3) is 0.107. The maximum absolute atomic E-state index is 15.0. The topological polar surface area (TPSA) is 32.7 Å². The molecule has 4 aromatic carbocycles. The van der Waals surface area contributed by atoms with E-state index in [9.17, 15) is 4.57 Å². The molecule has 3 nitrogen and oxygen atoms in total. The van der Waals surface area contributed by atoms with Crippen molar-refractivity contribution in [3.8, 4) is 0 Å². The predicted molar refractivity (Wildman–Crippen MR) is 137 cm³/mol. The van der Waals surface area contributed by atoms with Crippen LogP contribution in [0.5, 0.6) is 0 Å². The quantitative estimate of drug-likeness (QED) is 0.266. The first-order chi connectivity index (χ1) is 15.6. The molecule has 0 aliphatic carbocycles. The molecule has 4 aromatic rings. The van der Waals surface area contributed by atoms with Crippen LogP contribution in [0.3, 0.4) is 0 Å². The highest BCUT2D eigenvalue weighted by atomic mass is 31.2. The summed E-state index contributed by atoms with van der Waals surface area (Å²) in [6.45, 7) is 0. The van der Waals surface area contributed by atoms with E-state index in [-0.39, 0.29) is 0 Å². The van der Waals surface area contributed by atoms with Crippen LogP contribution in [0.4, 0.5) is 5.69 Å². The minimum Gasteiger partial charge on any atom is -0.378 e. The summed E-state index contributed by atoms with van der Waals surface area (Å²) in [6.07, 6.45) is 1.84. The van der Waals surface area contributed by atoms with Gasteiger partial charge in [0.05, 0.1) is 0 Å². The zero-order chi connectivity index (χ0) is 22.4. The molecule has 0 bridgehead atoms. The molecule has 1 atom stereocenters. The molecule has 0 N–H and O–H groups in total. The van der Waals surface area contributed by atoms with Crippen molar-refractivity contribution in [2.24, 2.45) is 4.99 Å². The molecule has 0 fully saturated rings. The van der Waals surface area contributed by atoms with E-state index >= 15 is 0 Å². The molecule has 0 aromatic heterocycles. The Morgan fingerprint density at radius 2 is 1.16 bits per heavy atom. The molecule has 32 heavy (non-hydrogen) atoms. The Labute approximate surface area is 190 Å². The van der Waals surface area contributed by atoms with Gasteiger partial charge in [-0.1, -0.05) is 103 Å². The minimum atomic E-state index is -3.12. The molecule has 0 spiro atoms. The third kappa shape index (κ3) is 4.59. The standard InChI is InChI=1S/C28H27N2OP/c1-30(2)25-20-18-23(19-21-25)22-29-28(24-12-6-3-7-13-24)32(31,26-14-8-4-9-15-26)27-16-10-5-11-17-27/h3-22,28H,1-2H3/t28-/m1/s1. The molecule has 0 heterocycles. The molecule has 160 valence electrons. The van der Waals surface area contributed by atoms with Crippen molar-refractivity contribution < 1.29 is 4.57 Å². The van der Waals surface area contributed by atoms with Gasteiger partial charge in [-0.3, -0.25) is 4.99 Å². The van der Waals surface area contributed by atoms with Crippen LogP contribution < -0.4 is 15.5 Å². The summed E-state index contributed by atoms with van der Waals surface area (Å²) in [7, 11) is 0.912. The van der Waals surface area contributed by atoms with Gasteiger partial charge in [0.25, 0.3) is 0 Å². The van der Waals surface area contributed by atoms with Gasteiger partial charge in [0.1, 0.15) is 5.78 Å². The van der Waals surface area contributed by atoms with Gasteiger partial charge in [0, 0.05) is 36.6 Å². The number of benzene rings is 4. The Kier molecular flexibility index (Phi) is 6.68. The maximum Gasteiger partial charge on any atom is 0.170 e. The van der Waals surface area contributed by atoms with Crippen molar-refractivity contribution >= 4 is 29.7 Å². The maximum atomic E-state index is 15.0. The van der Waals surface area contributed by atoms with Crippen molar-refractivity contribution in [1.29, 1.82) is 0 Å². The largest absolute Gasteiger partial charge is 0.378 e. The summed E-state index contributed by atoms with van der Waals surface area (Å²) in [5.41, 5.74) is 3.04. The second-order valence-electron chi connectivity index (χ2n) is 7.88. The summed E-state index contributed by atoms with van der Waals surface area (Å²) in [5, 5.41) is 1.61. The van der Waals surface area contributed by atoms with E-state index in [1.807, 2.05) is 123 Å². The second-order valence-corrected chi connectivity index (χ2v) is 10.7. The van der Waals surface area contributed by atoms with Crippen LogP contribution in [0.25, 0.3) is 0 Å². The Balaban J connectivity index is 1.85. The Hall–Kier alpha value is -3.42. The third-order valence-electron chi connectivity index (χ3n) is 5.50. The molecule has 0 saturated heterocycles. The zero-order valence-electron chi connectivity index (χ0n) is 18.4. The highest BCUT2D eigenvalue weighted by Gasteiger charge is 2.37. The first-order valence-corrected chi connectivity index (χ1v) is 12.4. The van der Waals surface area contributed by atoms with Crippen LogP contribution >= 0.6 is 7.14 Å². The van der Waals surface area contributed by atoms with E-state index in [1.165, 1.54) is 0 Å². The smallest absolute Gasteiger partial charge is 0.170 e. The highest BCUT2D eigenvalue weighted by Crippen LogP contribution is 2.57. The zero-order valence-corrected chi connectivity index (χ0v) is 19.3. The van der Waals surface area contributed by atoms with Crippen LogP contribution in [0.2, 0.25) is 0 Å². The fourth-order valence-electron chi connectivity index (χ4n) is 3.76. The van der Waals surface area contributed by atoms with E-state index in [2.05, 4.69) is 17.0 Å². The van der Waals surface area contributed by atoms with Crippen molar-refractivity contribution in [2.45, 2.75) is 5.78 Å². The molecule has 0 aliphatic heterocycles. The Morgan fingerprint density at radius 1 is 0.688 bits per heavy atom. The van der Waals surface area contributed by atoms with Crippen LogP contribution in [0.1, 0.15) is 16.9 Å². The number of aliphatic imine (C=N–C) groups is 1. The van der Waals surface area contributed by atoms with Gasteiger partial charge in [0.2, 0.25) is 0 Å². The van der Waals surface area contributed by atoms with Crippen molar-refractivity contribution in [3.63, 3.8) is 0 Å². The van der Waals surface area contributed by atoms with Gasteiger partial charge in [-0.25, -0.2) is 0 Å². The summed E-state index contributed by atoms with van der Waals surface area (Å²) < 4.78 is 15.0. The first kappa shape index (κ1) is 21.8. The lowest BCUT2D eigenvalue weighted by Gasteiger charge is -2.26. The predicted octanol–water partition coefficient (Wildman–Crippen LogP) is 5.88. The van der Waals surface area contributed by atoms with Gasteiger partial charge in [0.15, 0.2) is 7.14 Å². The molecular weight excluding hydrogens is 411 g/mol. The van der Waals surface area contributed by atoms with E-state index in [4.69, 9.17) is 4.99 Å². The van der Waals surface area contributed by atoms with Gasteiger partial charge < -0.3 is 9.46 Å². The number of anilines is 1. The Morgan fingerprint density at radius 3 is 1.62 bits per heavy atom. The molecule has 4 rings (SSSR count). The third-order valence-corrected chi connectivity index (χ3v) is 8.75. The fourth-order valence-corrected chi connectivity index (χ4v) is 6.70. The monoisotopic (exact) mass is 438 g/mol. The summed E-state index contributed by atoms with van der Waals surface area (Å²) in [4.78, 5) is 7.02. The summed E-state index contributed by atoms with van der Waals surface area (Å²) in [5.74, 6) is -0.526. The van der Waals surface area contributed by atoms with Gasteiger partial charge in [-0.05, 0) is 23.3 Å². The SMILES string of the molecule is CN(C)c1ccc(C=N[C@@H](c2ccccc2)P(=O)(c2ccccc2)c2ccccc2)cc1. The van der Waals surface area contributed by atoms with Crippen LogP contribution in [0.15, 0.2) is 120 Å². The van der Waals surface area contributed by atoms with Crippen LogP contribution in [-0.4, -0.2) is 20.3 Å². The molecule has 4 heteroatoms. The average Bonchev–Trinajstić information content (AvgIpc) is 2.86. The van der Waals surface area contributed by atoms with E-state index in [0.29, 0.717) is 0 Å². The molecule has 0 unspecified atom stereocenters. The number of rotatable bonds is 7. The number of hydrogen-bond acceptors (Lipinski definition) is 3. The van der Waals surface area contributed by atoms with Crippen molar-refractivity contribution in [2.75, 3.05) is 19.0 Å². The molecule has 0 saturated carbocycles. The number of nitrogens with zero attached hydrogens (tertiary/aromatic N) is 2. The normalized spacial score (nSPS) is 12.6. The summed E-state index contributed by atoms with van der Waals surface area (Å²) in [6, 6.07) is 37.6. The lowest BCUT2D eigenvalue weighted by Crippen LogP contribution is -2.20. The van der Waals surface area contributed by atoms with Gasteiger partial charge >= 0.3 is 0 Å². The minimum absolute atomic E-state index is 0.526. The first-order valence-electron chi connectivity index (χ1n) is 10.7. The van der Waals surface area contributed by atoms with Crippen molar-refractivity contribution in [1.82, 2.24) is 0 Å². The van der Waals surface area contributed by atoms with E-state index in [1.54, 1.807) is 0 Å². The second kappa shape index (κ2) is 9.80. The van der Waals surface area contributed by atoms with Crippen LogP contribution in [0, 0.1) is 0 Å². The molecule has 0 amide bonds.